The van der Waals surface area contributed by atoms with Crippen LogP contribution in [-0.2, 0) is 22.8 Å². The van der Waals surface area contributed by atoms with Crippen LogP contribution in [0.3, 0.4) is 0 Å². The third-order valence-electron chi connectivity index (χ3n) is 6.69. The van der Waals surface area contributed by atoms with E-state index in [9.17, 15) is 12.8 Å². The van der Waals surface area contributed by atoms with E-state index in [1.807, 2.05) is 12.1 Å². The monoisotopic (exact) mass is 503 g/mol. The maximum atomic E-state index is 14.7. The van der Waals surface area contributed by atoms with Gasteiger partial charge in [-0.3, -0.25) is 9.38 Å². The second-order valence-corrected chi connectivity index (χ2v) is 11.1. The molecular weight excluding hydrogens is 481 g/mol. The molecule has 1 saturated carbocycles. The molecule has 1 aromatic carbocycles. The van der Waals surface area contributed by atoms with Gasteiger partial charge in [-0.25, -0.2) is 22.6 Å². The van der Waals surface area contributed by atoms with E-state index in [2.05, 4.69) is 20.1 Å². The number of rotatable bonds is 6. The van der Waals surface area contributed by atoms with Gasteiger partial charge in [0.1, 0.15) is 23.7 Å². The highest BCUT2D eigenvalue weighted by Crippen LogP contribution is 2.41. The van der Waals surface area contributed by atoms with E-state index < -0.39 is 9.84 Å². The number of anilines is 1. The summed E-state index contributed by atoms with van der Waals surface area (Å²) in [6.45, 7) is 8.41. The SMILES string of the molecule is [C-]#[N+]c1cc(-c2ccc(C3CC3)nc2)c2c(S(C)(=O)=O)ncn2c1NCc1c(F)ccc2c1CCO2. The molecule has 1 N–H and O–H groups in total. The van der Waals surface area contributed by atoms with Gasteiger partial charge in [0.05, 0.1) is 18.7 Å². The summed E-state index contributed by atoms with van der Waals surface area (Å²) in [6, 6.07) is 8.48. The fourth-order valence-corrected chi connectivity index (χ4v) is 5.56. The summed E-state index contributed by atoms with van der Waals surface area (Å²) < 4.78 is 47.1. The Labute approximate surface area is 207 Å². The topological polar surface area (TPSA) is 90.0 Å². The van der Waals surface area contributed by atoms with Gasteiger partial charge in [-0.2, -0.15) is 0 Å². The first-order valence-corrected chi connectivity index (χ1v) is 13.5. The number of nitrogens with one attached hydrogen (secondary N) is 1. The Morgan fingerprint density at radius 1 is 1.25 bits per heavy atom. The number of aromatic nitrogens is 3. The molecule has 0 radical (unpaired) electrons. The zero-order valence-electron chi connectivity index (χ0n) is 19.5. The lowest BCUT2D eigenvalue weighted by Gasteiger charge is -2.16. The molecule has 36 heavy (non-hydrogen) atoms. The fourth-order valence-electron chi connectivity index (χ4n) is 4.76. The van der Waals surface area contributed by atoms with Crippen LogP contribution < -0.4 is 10.1 Å². The molecule has 0 saturated heterocycles. The smallest absolute Gasteiger partial charge is 0.227 e. The summed E-state index contributed by atoms with van der Waals surface area (Å²) in [4.78, 5) is 12.5. The van der Waals surface area contributed by atoms with Crippen molar-refractivity contribution in [2.75, 3.05) is 18.2 Å². The van der Waals surface area contributed by atoms with Crippen LogP contribution in [0, 0.1) is 12.4 Å². The van der Waals surface area contributed by atoms with E-state index in [0.717, 1.165) is 30.4 Å². The summed E-state index contributed by atoms with van der Waals surface area (Å²) in [6.07, 6.45) is 7.04. The number of sulfone groups is 1. The second-order valence-electron chi connectivity index (χ2n) is 9.14. The highest BCUT2D eigenvalue weighted by Gasteiger charge is 2.27. The summed E-state index contributed by atoms with van der Waals surface area (Å²) in [7, 11) is -3.68. The number of hydrogen-bond donors (Lipinski definition) is 1. The Hall–Kier alpha value is -3.97. The molecule has 6 rings (SSSR count). The molecule has 3 aromatic heterocycles. The lowest BCUT2D eigenvalue weighted by atomic mass is 10.0. The molecule has 8 nitrogen and oxygen atoms in total. The predicted molar refractivity (Wildman–Crippen MR) is 133 cm³/mol. The van der Waals surface area contributed by atoms with Crippen molar-refractivity contribution in [3.8, 4) is 16.9 Å². The minimum atomic E-state index is -3.68. The van der Waals surface area contributed by atoms with Crippen LogP contribution in [0.5, 0.6) is 5.75 Å². The Balaban J connectivity index is 1.49. The normalized spacial score (nSPS) is 14.9. The highest BCUT2D eigenvalue weighted by atomic mass is 32.2. The van der Waals surface area contributed by atoms with Crippen molar-refractivity contribution in [3.63, 3.8) is 0 Å². The average Bonchev–Trinajstić information content (AvgIpc) is 3.42. The molecule has 1 aliphatic heterocycles. The Morgan fingerprint density at radius 3 is 2.78 bits per heavy atom. The van der Waals surface area contributed by atoms with Crippen molar-refractivity contribution in [3.05, 3.63) is 76.9 Å². The number of fused-ring (bicyclic) bond motifs is 2. The van der Waals surface area contributed by atoms with Crippen molar-refractivity contribution < 1.29 is 17.5 Å². The maximum Gasteiger partial charge on any atom is 0.227 e. The molecule has 4 aromatic rings. The zero-order valence-corrected chi connectivity index (χ0v) is 20.3. The molecule has 1 aliphatic carbocycles. The van der Waals surface area contributed by atoms with E-state index in [-0.39, 0.29) is 23.1 Å². The number of imidazole rings is 1. The van der Waals surface area contributed by atoms with Crippen LogP contribution in [-0.4, -0.2) is 35.6 Å². The Morgan fingerprint density at radius 2 is 2.08 bits per heavy atom. The maximum absolute atomic E-state index is 14.7. The lowest BCUT2D eigenvalue weighted by Crippen LogP contribution is -2.09. The first-order valence-electron chi connectivity index (χ1n) is 11.6. The molecule has 4 heterocycles. The van der Waals surface area contributed by atoms with Crippen LogP contribution in [0.2, 0.25) is 0 Å². The van der Waals surface area contributed by atoms with Crippen molar-refractivity contribution >= 4 is 26.9 Å². The molecule has 2 aliphatic rings. The molecule has 182 valence electrons. The minimum Gasteiger partial charge on any atom is -0.493 e. The lowest BCUT2D eigenvalue weighted by molar-refractivity contribution is 0.356. The van der Waals surface area contributed by atoms with Gasteiger partial charge >= 0.3 is 0 Å². The second kappa shape index (κ2) is 8.31. The minimum absolute atomic E-state index is 0.0940. The summed E-state index contributed by atoms with van der Waals surface area (Å²) in [5, 5.41) is 3.08. The standard InChI is InChI=1S/C26H22FN5O3S/c1-28-22-11-18(16-5-7-21(29-12-16)15-3-4-15)24-26(36(2,33)34)31-14-32(24)25(22)30-13-19-17-9-10-35-23(17)8-6-20(19)27/h5-8,11-12,14-15,30H,3-4,9-10,13H2,2H3. The van der Waals surface area contributed by atoms with Crippen molar-refractivity contribution in [2.24, 2.45) is 0 Å². The molecule has 0 unspecified atom stereocenters. The number of benzene rings is 1. The van der Waals surface area contributed by atoms with Gasteiger partial charge < -0.3 is 10.1 Å². The van der Waals surface area contributed by atoms with Crippen LogP contribution in [0.1, 0.15) is 35.6 Å². The van der Waals surface area contributed by atoms with Crippen molar-refractivity contribution in [1.29, 1.82) is 0 Å². The van der Waals surface area contributed by atoms with E-state index >= 15 is 0 Å². The molecule has 10 heteroatoms. The van der Waals surface area contributed by atoms with Gasteiger partial charge in [0.2, 0.25) is 5.69 Å². The van der Waals surface area contributed by atoms with Gasteiger partial charge in [-0.05, 0) is 37.1 Å². The molecular formula is C26H22FN5O3S. The van der Waals surface area contributed by atoms with Crippen LogP contribution in [0.25, 0.3) is 21.5 Å². The van der Waals surface area contributed by atoms with Gasteiger partial charge in [0, 0.05) is 59.3 Å². The number of hydrogen-bond acceptors (Lipinski definition) is 6. The summed E-state index contributed by atoms with van der Waals surface area (Å²) in [5.74, 6) is 1.11. The number of halogens is 1. The van der Waals surface area contributed by atoms with Gasteiger partial charge in [-0.15, -0.1) is 0 Å². The summed E-state index contributed by atoms with van der Waals surface area (Å²) in [5.41, 5.74) is 4.10. The molecule has 0 atom stereocenters. The average molecular weight is 504 g/mol. The van der Waals surface area contributed by atoms with E-state index in [0.29, 0.717) is 52.7 Å². The first kappa shape index (κ1) is 22.5. The zero-order chi connectivity index (χ0) is 25.0. The van der Waals surface area contributed by atoms with Crippen LogP contribution in [0.15, 0.2) is 47.9 Å². The number of pyridine rings is 2. The van der Waals surface area contributed by atoms with Gasteiger partial charge in [-0.1, -0.05) is 6.07 Å². The number of nitrogens with zero attached hydrogens (tertiary/aromatic N) is 4. The molecule has 1 fully saturated rings. The molecule has 0 bridgehead atoms. The van der Waals surface area contributed by atoms with Crippen LogP contribution in [0.4, 0.5) is 15.9 Å². The van der Waals surface area contributed by atoms with E-state index in [4.69, 9.17) is 11.3 Å². The largest absolute Gasteiger partial charge is 0.493 e. The summed E-state index contributed by atoms with van der Waals surface area (Å²) >= 11 is 0. The van der Waals surface area contributed by atoms with E-state index in [1.54, 1.807) is 22.7 Å². The Kier molecular flexibility index (Phi) is 5.19. The molecule has 0 spiro atoms. The van der Waals surface area contributed by atoms with Crippen molar-refractivity contribution in [2.45, 2.75) is 36.8 Å². The van der Waals surface area contributed by atoms with Gasteiger partial charge in [0.25, 0.3) is 0 Å². The number of ether oxygens (including phenoxy) is 1. The van der Waals surface area contributed by atoms with Crippen LogP contribution >= 0.6 is 0 Å². The Bertz CT molecular complexity index is 1670. The third-order valence-corrected chi connectivity index (χ3v) is 7.69. The first-order chi connectivity index (χ1) is 17.3. The fraction of sp³-hybridized carbons (Fsp3) is 0.269. The van der Waals surface area contributed by atoms with Crippen molar-refractivity contribution in [1.82, 2.24) is 14.4 Å². The van der Waals surface area contributed by atoms with Gasteiger partial charge in [0.15, 0.2) is 14.9 Å². The third kappa shape index (κ3) is 3.76. The van der Waals surface area contributed by atoms with E-state index in [1.165, 1.54) is 12.4 Å². The predicted octanol–water partition coefficient (Wildman–Crippen LogP) is 4.91. The molecule has 0 amide bonds. The quantitative estimate of drug-likeness (QED) is 0.376. The highest BCUT2D eigenvalue weighted by molar-refractivity contribution is 7.90.